The molecule has 0 amide bonds. The molecule has 0 aromatic heterocycles. The highest BCUT2D eigenvalue weighted by molar-refractivity contribution is 7.98. The van der Waals surface area contributed by atoms with E-state index in [9.17, 15) is 5.11 Å². The number of fused-ring (bicyclic) bond motifs is 1. The third-order valence-electron chi connectivity index (χ3n) is 2.87. The molecule has 0 aliphatic carbocycles. The highest BCUT2D eigenvalue weighted by Crippen LogP contribution is 2.38. The number of aliphatic hydroxyl groups excluding tert-OH is 1. The number of ether oxygens (including phenoxy) is 1. The van der Waals surface area contributed by atoms with Crippen molar-refractivity contribution in [1.29, 1.82) is 0 Å². The molecule has 0 saturated carbocycles. The zero-order valence-electron chi connectivity index (χ0n) is 9.06. The highest BCUT2D eigenvalue weighted by Gasteiger charge is 2.24. The molecular weight excluding hydrogens is 208 g/mol. The average molecular weight is 224 g/mol. The third-order valence-corrected chi connectivity index (χ3v) is 4.13. The first kappa shape index (κ1) is 10.8. The molecule has 82 valence electrons. The molecule has 1 aliphatic rings. The van der Waals surface area contributed by atoms with Crippen LogP contribution in [0.3, 0.4) is 0 Å². The molecule has 1 heterocycles. The third kappa shape index (κ3) is 1.99. The number of aliphatic hydroxyl groups is 1. The predicted molar refractivity (Wildman–Crippen MR) is 63.3 cm³/mol. The van der Waals surface area contributed by atoms with E-state index in [1.807, 2.05) is 30.0 Å². The summed E-state index contributed by atoms with van der Waals surface area (Å²) in [6.07, 6.45) is -0.356. The molecule has 1 aromatic carbocycles. The minimum absolute atomic E-state index is 0.309. The van der Waals surface area contributed by atoms with Crippen LogP contribution in [0.1, 0.15) is 24.2 Å². The van der Waals surface area contributed by atoms with Crippen LogP contribution in [0.2, 0.25) is 0 Å². The fourth-order valence-electron chi connectivity index (χ4n) is 1.95. The maximum Gasteiger partial charge on any atom is 0.123 e. The molecule has 2 rings (SSSR count). The molecule has 0 saturated heterocycles. The summed E-state index contributed by atoms with van der Waals surface area (Å²) < 4.78 is 5.33. The monoisotopic (exact) mass is 224 g/mol. The number of benzene rings is 1. The van der Waals surface area contributed by atoms with Gasteiger partial charge in [0.1, 0.15) is 5.75 Å². The van der Waals surface area contributed by atoms with Crippen molar-refractivity contribution in [2.24, 2.45) is 5.92 Å². The normalized spacial score (nSPS) is 25.5. The van der Waals surface area contributed by atoms with Gasteiger partial charge in [0.2, 0.25) is 0 Å². The van der Waals surface area contributed by atoms with Crippen LogP contribution in [-0.2, 0) is 5.75 Å². The Bertz CT molecular complexity index is 351. The van der Waals surface area contributed by atoms with E-state index in [0.29, 0.717) is 5.92 Å². The lowest BCUT2D eigenvalue weighted by atomic mass is 9.95. The average Bonchev–Trinajstić information content (AvgIpc) is 2.40. The van der Waals surface area contributed by atoms with Crippen LogP contribution in [0, 0.1) is 5.92 Å². The number of methoxy groups -OCH3 is 1. The Morgan fingerprint density at radius 3 is 3.00 bits per heavy atom. The summed E-state index contributed by atoms with van der Waals surface area (Å²) in [4.78, 5) is 0. The van der Waals surface area contributed by atoms with Gasteiger partial charge in [-0.3, -0.25) is 0 Å². The summed E-state index contributed by atoms with van der Waals surface area (Å²) in [6.45, 7) is 2.09. The van der Waals surface area contributed by atoms with Crippen LogP contribution in [0.15, 0.2) is 18.2 Å². The molecule has 1 N–H and O–H groups in total. The summed E-state index contributed by atoms with van der Waals surface area (Å²) in [7, 11) is 1.68. The second-order valence-corrected chi connectivity index (χ2v) is 5.00. The Labute approximate surface area is 94.6 Å². The first-order valence-electron chi connectivity index (χ1n) is 5.15. The molecule has 0 fully saturated rings. The van der Waals surface area contributed by atoms with Crippen molar-refractivity contribution < 1.29 is 9.84 Å². The lowest BCUT2D eigenvalue weighted by Crippen LogP contribution is -2.10. The topological polar surface area (TPSA) is 29.5 Å². The largest absolute Gasteiger partial charge is 0.496 e. The zero-order valence-corrected chi connectivity index (χ0v) is 9.88. The first-order valence-corrected chi connectivity index (χ1v) is 6.31. The van der Waals surface area contributed by atoms with E-state index in [-0.39, 0.29) is 6.10 Å². The molecule has 2 nitrogen and oxygen atoms in total. The first-order chi connectivity index (χ1) is 7.24. The number of hydrogen-bond donors (Lipinski definition) is 1. The lowest BCUT2D eigenvalue weighted by Gasteiger charge is -2.18. The maximum atomic E-state index is 10.2. The molecule has 0 radical (unpaired) electrons. The van der Waals surface area contributed by atoms with E-state index in [0.717, 1.165) is 28.4 Å². The quantitative estimate of drug-likeness (QED) is 0.795. The number of rotatable bonds is 1. The highest BCUT2D eigenvalue weighted by atomic mass is 32.2. The van der Waals surface area contributed by atoms with Gasteiger partial charge in [-0.1, -0.05) is 19.1 Å². The fourth-order valence-corrected chi connectivity index (χ4v) is 3.13. The van der Waals surface area contributed by atoms with Crippen molar-refractivity contribution >= 4 is 11.8 Å². The molecule has 15 heavy (non-hydrogen) atoms. The smallest absolute Gasteiger partial charge is 0.123 e. The summed E-state index contributed by atoms with van der Waals surface area (Å²) in [5, 5.41) is 10.2. The number of hydrogen-bond acceptors (Lipinski definition) is 3. The van der Waals surface area contributed by atoms with Gasteiger partial charge >= 0.3 is 0 Å². The van der Waals surface area contributed by atoms with E-state index in [2.05, 4.69) is 6.92 Å². The van der Waals surface area contributed by atoms with Gasteiger partial charge in [0.25, 0.3) is 0 Å². The van der Waals surface area contributed by atoms with E-state index in [1.54, 1.807) is 7.11 Å². The maximum absolute atomic E-state index is 10.2. The molecular formula is C12H16O2S. The fraction of sp³-hybridized carbons (Fsp3) is 0.500. The second kappa shape index (κ2) is 4.45. The summed E-state index contributed by atoms with van der Waals surface area (Å²) in [5.41, 5.74) is 2.19. The van der Waals surface area contributed by atoms with Gasteiger partial charge in [-0.15, -0.1) is 0 Å². The van der Waals surface area contributed by atoms with E-state index in [1.165, 1.54) is 0 Å². The van der Waals surface area contributed by atoms with Crippen LogP contribution in [0.4, 0.5) is 0 Å². The molecule has 0 bridgehead atoms. The van der Waals surface area contributed by atoms with Gasteiger partial charge in [-0.05, 0) is 23.3 Å². The van der Waals surface area contributed by atoms with Gasteiger partial charge in [-0.25, -0.2) is 0 Å². The summed E-state index contributed by atoms with van der Waals surface area (Å²) in [5.74, 6) is 3.14. The molecule has 1 aliphatic heterocycles. The summed E-state index contributed by atoms with van der Waals surface area (Å²) in [6, 6.07) is 5.91. The standard InChI is InChI=1S/C12H16O2S/c1-8-6-15-7-10-9(12(8)13)4-3-5-11(10)14-2/h3-5,8,12-13H,6-7H2,1-2H3. The molecule has 3 heteroatoms. The molecule has 0 spiro atoms. The Balaban J connectivity index is 2.47. The number of thioether (sulfide) groups is 1. The van der Waals surface area contributed by atoms with Crippen molar-refractivity contribution in [3.63, 3.8) is 0 Å². The Morgan fingerprint density at radius 1 is 1.47 bits per heavy atom. The van der Waals surface area contributed by atoms with Crippen molar-refractivity contribution in [3.8, 4) is 5.75 Å². The molecule has 1 aromatic rings. The van der Waals surface area contributed by atoms with E-state index >= 15 is 0 Å². The summed E-state index contributed by atoms with van der Waals surface area (Å²) >= 11 is 1.86. The van der Waals surface area contributed by atoms with E-state index < -0.39 is 0 Å². The van der Waals surface area contributed by atoms with Crippen molar-refractivity contribution in [2.75, 3.05) is 12.9 Å². The van der Waals surface area contributed by atoms with Crippen molar-refractivity contribution in [2.45, 2.75) is 18.8 Å². The van der Waals surface area contributed by atoms with Crippen molar-refractivity contribution in [1.82, 2.24) is 0 Å². The van der Waals surface area contributed by atoms with Gasteiger partial charge < -0.3 is 9.84 Å². The Morgan fingerprint density at radius 2 is 2.27 bits per heavy atom. The van der Waals surface area contributed by atoms with Crippen LogP contribution >= 0.6 is 11.8 Å². The van der Waals surface area contributed by atoms with Crippen LogP contribution < -0.4 is 4.74 Å². The van der Waals surface area contributed by atoms with Gasteiger partial charge in [-0.2, -0.15) is 11.8 Å². The zero-order chi connectivity index (χ0) is 10.8. The minimum atomic E-state index is -0.356. The van der Waals surface area contributed by atoms with Crippen LogP contribution in [-0.4, -0.2) is 18.0 Å². The Hall–Kier alpha value is -0.670. The van der Waals surface area contributed by atoms with Crippen LogP contribution in [0.25, 0.3) is 0 Å². The molecule has 2 atom stereocenters. The SMILES string of the molecule is COc1cccc2c1CSCC(C)C2O. The van der Waals surface area contributed by atoms with Crippen LogP contribution in [0.5, 0.6) is 5.75 Å². The minimum Gasteiger partial charge on any atom is -0.496 e. The predicted octanol–water partition coefficient (Wildman–Crippen LogP) is 2.61. The molecule has 2 unspecified atom stereocenters. The Kier molecular flexibility index (Phi) is 3.22. The van der Waals surface area contributed by atoms with Gasteiger partial charge in [0.15, 0.2) is 0 Å². The van der Waals surface area contributed by atoms with Gasteiger partial charge in [0, 0.05) is 11.3 Å². The van der Waals surface area contributed by atoms with Gasteiger partial charge in [0.05, 0.1) is 13.2 Å². The van der Waals surface area contributed by atoms with E-state index in [4.69, 9.17) is 4.74 Å². The second-order valence-electron chi connectivity index (χ2n) is 3.97. The lowest BCUT2D eigenvalue weighted by molar-refractivity contribution is 0.129. The van der Waals surface area contributed by atoms with Crippen molar-refractivity contribution in [3.05, 3.63) is 29.3 Å².